The van der Waals surface area contributed by atoms with Crippen molar-refractivity contribution >= 4 is 5.69 Å². The van der Waals surface area contributed by atoms with Gasteiger partial charge in [0.25, 0.3) is 5.69 Å². The third-order valence-corrected chi connectivity index (χ3v) is 2.93. The van der Waals surface area contributed by atoms with Crippen LogP contribution in [0.3, 0.4) is 0 Å². The number of hydrogen-bond donors (Lipinski definition) is 0. The van der Waals surface area contributed by atoms with Crippen LogP contribution in [0.5, 0.6) is 0 Å². The largest absolute Gasteiger partial charge is 0.269 e. The lowest BCUT2D eigenvalue weighted by Gasteiger charge is -2.03. The summed E-state index contributed by atoms with van der Waals surface area (Å²) in [6.45, 7) is 2.08. The van der Waals surface area contributed by atoms with E-state index in [9.17, 15) is 10.1 Å². The predicted molar refractivity (Wildman–Crippen MR) is 71.7 cm³/mol. The number of non-ortho nitro benzene ring substituents is 1. The second-order valence-corrected chi connectivity index (χ2v) is 4.41. The van der Waals surface area contributed by atoms with Crippen LogP contribution in [0.2, 0.25) is 0 Å². The predicted octanol–water partition coefficient (Wildman–Crippen LogP) is 3.69. The van der Waals surface area contributed by atoms with Gasteiger partial charge in [-0.05, 0) is 30.9 Å². The van der Waals surface area contributed by atoms with E-state index in [4.69, 9.17) is 0 Å². The number of benzene rings is 2. The average molecular weight is 241 g/mol. The van der Waals surface area contributed by atoms with Crippen molar-refractivity contribution in [2.75, 3.05) is 0 Å². The first-order valence-corrected chi connectivity index (χ1v) is 5.94. The molecule has 0 bridgehead atoms. The number of nitro groups is 1. The lowest BCUT2D eigenvalue weighted by Crippen LogP contribution is -1.93. The Morgan fingerprint density at radius 1 is 1.00 bits per heavy atom. The highest BCUT2D eigenvalue weighted by atomic mass is 16.6. The molecule has 0 heterocycles. The first-order chi connectivity index (χ1) is 8.65. The van der Waals surface area contributed by atoms with Gasteiger partial charge in [-0.15, -0.1) is 0 Å². The van der Waals surface area contributed by atoms with Crippen molar-refractivity contribution in [1.29, 1.82) is 0 Å². The first-order valence-electron chi connectivity index (χ1n) is 5.94. The number of nitrogens with zero attached hydrogens (tertiary/aromatic N) is 1. The van der Waals surface area contributed by atoms with Crippen LogP contribution in [0.4, 0.5) is 5.69 Å². The second kappa shape index (κ2) is 5.45. The first kappa shape index (κ1) is 12.3. The Bertz CT molecular complexity index is 547. The maximum absolute atomic E-state index is 10.5. The molecule has 0 aliphatic carbocycles. The van der Waals surface area contributed by atoms with Crippen LogP contribution in [0, 0.1) is 17.0 Å². The van der Waals surface area contributed by atoms with E-state index in [1.54, 1.807) is 12.1 Å². The molecule has 92 valence electrons. The topological polar surface area (TPSA) is 43.1 Å². The zero-order chi connectivity index (χ0) is 13.0. The Balaban J connectivity index is 2.00. The van der Waals surface area contributed by atoms with Crippen molar-refractivity contribution in [3.63, 3.8) is 0 Å². The molecule has 2 aromatic rings. The summed E-state index contributed by atoms with van der Waals surface area (Å²) in [6, 6.07) is 15.2. The molecule has 0 unspecified atom stereocenters. The van der Waals surface area contributed by atoms with Gasteiger partial charge in [0.15, 0.2) is 0 Å². The van der Waals surface area contributed by atoms with E-state index in [0.717, 1.165) is 18.4 Å². The molecule has 3 heteroatoms. The normalized spacial score (nSPS) is 10.3. The lowest BCUT2D eigenvalue weighted by molar-refractivity contribution is -0.384. The molecule has 18 heavy (non-hydrogen) atoms. The van der Waals surface area contributed by atoms with Crippen molar-refractivity contribution in [2.24, 2.45) is 0 Å². The Morgan fingerprint density at radius 2 is 1.67 bits per heavy atom. The minimum Gasteiger partial charge on any atom is -0.258 e. The van der Waals surface area contributed by atoms with E-state index < -0.39 is 0 Å². The van der Waals surface area contributed by atoms with E-state index >= 15 is 0 Å². The van der Waals surface area contributed by atoms with Crippen molar-refractivity contribution in [1.82, 2.24) is 0 Å². The van der Waals surface area contributed by atoms with Gasteiger partial charge in [-0.2, -0.15) is 0 Å². The van der Waals surface area contributed by atoms with E-state index in [-0.39, 0.29) is 10.6 Å². The molecule has 0 aromatic heterocycles. The van der Waals surface area contributed by atoms with Crippen LogP contribution in [0.15, 0.2) is 48.5 Å². The number of rotatable bonds is 4. The van der Waals surface area contributed by atoms with Gasteiger partial charge in [-0.25, -0.2) is 0 Å². The average Bonchev–Trinajstić information content (AvgIpc) is 2.37. The Morgan fingerprint density at radius 3 is 2.28 bits per heavy atom. The summed E-state index contributed by atoms with van der Waals surface area (Å²) >= 11 is 0. The van der Waals surface area contributed by atoms with Crippen LogP contribution >= 0.6 is 0 Å². The maximum atomic E-state index is 10.5. The standard InChI is InChI=1S/C15H15NO2/c1-12-3-2-4-14(11-12)6-5-13-7-9-15(10-8-13)16(17)18/h2-4,7-11H,5-6H2,1H3. The molecule has 0 amide bonds. The quantitative estimate of drug-likeness (QED) is 0.605. The molecule has 0 atom stereocenters. The van der Waals surface area contributed by atoms with Crippen LogP contribution < -0.4 is 0 Å². The third kappa shape index (κ3) is 3.17. The Kier molecular flexibility index (Phi) is 3.72. The summed E-state index contributed by atoms with van der Waals surface area (Å²) in [5.74, 6) is 0. The lowest BCUT2D eigenvalue weighted by atomic mass is 10.0. The molecule has 0 N–H and O–H groups in total. The molecule has 2 rings (SSSR count). The smallest absolute Gasteiger partial charge is 0.258 e. The minimum atomic E-state index is -0.371. The summed E-state index contributed by atoms with van der Waals surface area (Å²) in [5, 5.41) is 10.5. The van der Waals surface area contributed by atoms with E-state index in [2.05, 4.69) is 31.2 Å². The maximum Gasteiger partial charge on any atom is 0.269 e. The molecule has 0 aliphatic heterocycles. The van der Waals surface area contributed by atoms with E-state index in [1.807, 2.05) is 12.1 Å². The Hall–Kier alpha value is -2.16. The molecule has 0 saturated carbocycles. The third-order valence-electron chi connectivity index (χ3n) is 2.93. The highest BCUT2D eigenvalue weighted by Gasteiger charge is 2.03. The molecular formula is C15H15NO2. The van der Waals surface area contributed by atoms with E-state index in [1.165, 1.54) is 11.1 Å². The number of nitro benzene ring substituents is 1. The zero-order valence-corrected chi connectivity index (χ0v) is 10.3. The van der Waals surface area contributed by atoms with E-state index in [0.29, 0.717) is 0 Å². The van der Waals surface area contributed by atoms with Crippen LogP contribution in [0.25, 0.3) is 0 Å². The van der Waals surface area contributed by atoms with Gasteiger partial charge in [0.2, 0.25) is 0 Å². The second-order valence-electron chi connectivity index (χ2n) is 4.41. The summed E-state index contributed by atoms with van der Waals surface area (Å²) in [6.07, 6.45) is 1.86. The molecular weight excluding hydrogens is 226 g/mol. The molecule has 2 aromatic carbocycles. The van der Waals surface area contributed by atoms with Gasteiger partial charge in [-0.3, -0.25) is 10.1 Å². The fourth-order valence-corrected chi connectivity index (χ4v) is 1.94. The van der Waals surface area contributed by atoms with Crippen LogP contribution in [0.1, 0.15) is 16.7 Å². The zero-order valence-electron chi connectivity index (χ0n) is 10.3. The van der Waals surface area contributed by atoms with Gasteiger partial charge in [0, 0.05) is 12.1 Å². The fraction of sp³-hybridized carbons (Fsp3) is 0.200. The van der Waals surface area contributed by atoms with Crippen molar-refractivity contribution in [3.05, 3.63) is 75.3 Å². The van der Waals surface area contributed by atoms with Crippen LogP contribution in [-0.4, -0.2) is 4.92 Å². The number of aryl methyl sites for hydroxylation is 3. The molecule has 0 saturated heterocycles. The van der Waals surface area contributed by atoms with Crippen molar-refractivity contribution in [2.45, 2.75) is 19.8 Å². The van der Waals surface area contributed by atoms with Crippen molar-refractivity contribution < 1.29 is 4.92 Å². The van der Waals surface area contributed by atoms with Crippen molar-refractivity contribution in [3.8, 4) is 0 Å². The van der Waals surface area contributed by atoms with Gasteiger partial charge >= 0.3 is 0 Å². The molecule has 0 fully saturated rings. The van der Waals surface area contributed by atoms with Gasteiger partial charge in [-0.1, -0.05) is 42.0 Å². The SMILES string of the molecule is Cc1cccc(CCc2ccc([N+](=O)[O-])cc2)c1. The minimum absolute atomic E-state index is 0.148. The highest BCUT2D eigenvalue weighted by Crippen LogP contribution is 2.14. The molecule has 0 spiro atoms. The monoisotopic (exact) mass is 241 g/mol. The van der Waals surface area contributed by atoms with Gasteiger partial charge in [0.05, 0.1) is 4.92 Å². The Labute approximate surface area is 106 Å². The summed E-state index contributed by atoms with van der Waals surface area (Å²) in [4.78, 5) is 10.2. The molecule has 3 nitrogen and oxygen atoms in total. The summed E-state index contributed by atoms with van der Waals surface area (Å²) < 4.78 is 0. The van der Waals surface area contributed by atoms with Crippen LogP contribution in [-0.2, 0) is 12.8 Å². The van der Waals surface area contributed by atoms with Gasteiger partial charge in [0.1, 0.15) is 0 Å². The van der Waals surface area contributed by atoms with Gasteiger partial charge < -0.3 is 0 Å². The highest BCUT2D eigenvalue weighted by molar-refractivity contribution is 5.33. The number of hydrogen-bond acceptors (Lipinski definition) is 2. The summed E-state index contributed by atoms with van der Waals surface area (Å²) in [7, 11) is 0. The summed E-state index contributed by atoms with van der Waals surface area (Å²) in [5.41, 5.74) is 3.83. The molecule has 0 aliphatic rings. The molecule has 0 radical (unpaired) electrons. The fourth-order valence-electron chi connectivity index (χ4n) is 1.94.